The third-order valence-electron chi connectivity index (χ3n) is 1.22. The number of nitrogens with zero attached hydrogens (tertiary/aromatic N) is 3. The third kappa shape index (κ3) is 2.13. The first-order chi connectivity index (χ1) is 5.61. The highest BCUT2D eigenvalue weighted by molar-refractivity contribution is 14.1. The fraction of sp³-hybridized carbons (Fsp3) is 0.286. The number of carbonyl (C=O) groups is 1. The van der Waals surface area contributed by atoms with Gasteiger partial charge in [-0.2, -0.15) is 0 Å². The van der Waals surface area contributed by atoms with Gasteiger partial charge >= 0.3 is 0 Å². The minimum atomic E-state index is -0.175. The van der Waals surface area contributed by atoms with Crippen molar-refractivity contribution in [2.24, 2.45) is 0 Å². The standard InChI is InChI=1S/C7H8IN3O/c1-11(2)7(12)6-9-3-5(8)4-10-6/h3-4H,1-2H3. The Morgan fingerprint density at radius 2 is 1.92 bits per heavy atom. The summed E-state index contributed by atoms with van der Waals surface area (Å²) in [4.78, 5) is 20.5. The lowest BCUT2D eigenvalue weighted by molar-refractivity contribution is 0.0815. The molecule has 0 saturated carbocycles. The van der Waals surface area contributed by atoms with E-state index >= 15 is 0 Å². The SMILES string of the molecule is CN(C)C(=O)c1ncc(I)cn1. The van der Waals surface area contributed by atoms with Crippen LogP contribution >= 0.6 is 22.6 Å². The van der Waals surface area contributed by atoms with Crippen LogP contribution in [-0.2, 0) is 0 Å². The summed E-state index contributed by atoms with van der Waals surface area (Å²) >= 11 is 2.09. The predicted molar refractivity (Wildman–Crippen MR) is 52.8 cm³/mol. The summed E-state index contributed by atoms with van der Waals surface area (Å²) in [6.45, 7) is 0. The molecule has 64 valence electrons. The molecule has 0 bridgehead atoms. The van der Waals surface area contributed by atoms with E-state index in [-0.39, 0.29) is 11.7 Å². The quantitative estimate of drug-likeness (QED) is 0.713. The van der Waals surface area contributed by atoms with Crippen molar-refractivity contribution < 1.29 is 4.79 Å². The molecule has 0 spiro atoms. The average Bonchev–Trinajstić information content (AvgIpc) is 2.04. The highest BCUT2D eigenvalue weighted by Crippen LogP contribution is 2.00. The van der Waals surface area contributed by atoms with Gasteiger partial charge in [-0.3, -0.25) is 4.79 Å². The molecule has 1 amide bonds. The first-order valence-electron chi connectivity index (χ1n) is 3.30. The maximum Gasteiger partial charge on any atom is 0.291 e. The Kier molecular flexibility index (Phi) is 2.96. The lowest BCUT2D eigenvalue weighted by Gasteiger charge is -2.07. The van der Waals surface area contributed by atoms with E-state index in [1.807, 2.05) is 0 Å². The van der Waals surface area contributed by atoms with Crippen molar-refractivity contribution in [2.75, 3.05) is 14.1 Å². The molecule has 0 unspecified atom stereocenters. The van der Waals surface area contributed by atoms with Gasteiger partial charge in [-0.05, 0) is 22.6 Å². The van der Waals surface area contributed by atoms with Gasteiger partial charge in [0, 0.05) is 30.1 Å². The second-order valence-corrected chi connectivity index (χ2v) is 3.67. The van der Waals surface area contributed by atoms with E-state index < -0.39 is 0 Å². The van der Waals surface area contributed by atoms with Crippen molar-refractivity contribution in [1.82, 2.24) is 14.9 Å². The molecule has 12 heavy (non-hydrogen) atoms. The van der Waals surface area contributed by atoms with E-state index in [0.717, 1.165) is 3.57 Å². The molecule has 0 atom stereocenters. The summed E-state index contributed by atoms with van der Waals surface area (Å²) in [6.07, 6.45) is 3.23. The van der Waals surface area contributed by atoms with Gasteiger partial charge in [-0.1, -0.05) is 0 Å². The van der Waals surface area contributed by atoms with Gasteiger partial charge in [-0.25, -0.2) is 9.97 Å². The molecule has 0 aliphatic heterocycles. The summed E-state index contributed by atoms with van der Waals surface area (Å²) in [5.74, 6) is 0.0619. The average molecular weight is 277 g/mol. The minimum Gasteiger partial charge on any atom is -0.342 e. The number of aromatic nitrogens is 2. The van der Waals surface area contributed by atoms with Crippen molar-refractivity contribution in [3.05, 3.63) is 21.8 Å². The van der Waals surface area contributed by atoms with E-state index in [4.69, 9.17) is 0 Å². The summed E-state index contributed by atoms with van der Waals surface area (Å²) in [6, 6.07) is 0. The van der Waals surface area contributed by atoms with Crippen molar-refractivity contribution >= 4 is 28.5 Å². The Hall–Kier alpha value is -0.720. The number of hydrogen-bond acceptors (Lipinski definition) is 3. The molecule has 0 radical (unpaired) electrons. The summed E-state index contributed by atoms with van der Waals surface area (Å²) in [7, 11) is 3.34. The molecule has 0 aliphatic carbocycles. The first kappa shape index (κ1) is 9.37. The number of rotatable bonds is 1. The molecule has 1 aromatic heterocycles. The normalized spacial score (nSPS) is 9.58. The smallest absolute Gasteiger partial charge is 0.291 e. The molecular formula is C7H8IN3O. The van der Waals surface area contributed by atoms with Crippen LogP contribution in [0.25, 0.3) is 0 Å². The first-order valence-corrected chi connectivity index (χ1v) is 4.38. The molecule has 0 aromatic carbocycles. The number of halogens is 1. The van der Waals surface area contributed by atoms with Crippen LogP contribution in [0.2, 0.25) is 0 Å². The Labute approximate surface area is 84.1 Å². The van der Waals surface area contributed by atoms with Crippen LogP contribution < -0.4 is 0 Å². The highest BCUT2D eigenvalue weighted by atomic mass is 127. The molecule has 0 saturated heterocycles. The maximum absolute atomic E-state index is 11.3. The van der Waals surface area contributed by atoms with Crippen LogP contribution in [-0.4, -0.2) is 34.9 Å². The lowest BCUT2D eigenvalue weighted by atomic mass is 10.5. The van der Waals surface area contributed by atoms with Gasteiger partial charge < -0.3 is 4.90 Å². The van der Waals surface area contributed by atoms with Gasteiger partial charge in [0.1, 0.15) is 0 Å². The van der Waals surface area contributed by atoms with Gasteiger partial charge in [-0.15, -0.1) is 0 Å². The Bertz CT molecular complexity index is 283. The zero-order valence-electron chi connectivity index (χ0n) is 6.78. The van der Waals surface area contributed by atoms with E-state index in [1.165, 1.54) is 4.90 Å². The lowest BCUT2D eigenvalue weighted by Crippen LogP contribution is -2.23. The molecule has 1 heterocycles. The fourth-order valence-corrected chi connectivity index (χ4v) is 0.901. The predicted octanol–water partition coefficient (Wildman–Crippen LogP) is 0.783. The molecule has 0 aliphatic rings. The molecule has 0 N–H and O–H groups in total. The van der Waals surface area contributed by atoms with E-state index in [9.17, 15) is 4.79 Å². The van der Waals surface area contributed by atoms with Crippen LogP contribution in [0.15, 0.2) is 12.4 Å². The van der Waals surface area contributed by atoms with E-state index in [2.05, 4.69) is 32.6 Å². The largest absolute Gasteiger partial charge is 0.342 e. The summed E-state index contributed by atoms with van der Waals surface area (Å²) in [5, 5.41) is 0. The summed E-state index contributed by atoms with van der Waals surface area (Å²) < 4.78 is 0.919. The van der Waals surface area contributed by atoms with Crippen molar-refractivity contribution in [2.45, 2.75) is 0 Å². The molecule has 5 heteroatoms. The van der Waals surface area contributed by atoms with Gasteiger partial charge in [0.2, 0.25) is 5.82 Å². The summed E-state index contributed by atoms with van der Waals surface area (Å²) in [5.41, 5.74) is 0. The molecule has 4 nitrogen and oxygen atoms in total. The van der Waals surface area contributed by atoms with Crippen LogP contribution in [0.5, 0.6) is 0 Å². The number of carbonyl (C=O) groups excluding carboxylic acids is 1. The number of amides is 1. The second-order valence-electron chi connectivity index (χ2n) is 2.42. The third-order valence-corrected chi connectivity index (χ3v) is 1.77. The zero-order chi connectivity index (χ0) is 9.14. The highest BCUT2D eigenvalue weighted by Gasteiger charge is 2.09. The minimum absolute atomic E-state index is 0.175. The van der Waals surface area contributed by atoms with Crippen molar-refractivity contribution in [3.63, 3.8) is 0 Å². The zero-order valence-corrected chi connectivity index (χ0v) is 8.94. The molecule has 0 fully saturated rings. The van der Waals surface area contributed by atoms with Crippen LogP contribution in [0.1, 0.15) is 10.6 Å². The Morgan fingerprint density at radius 1 is 1.42 bits per heavy atom. The Morgan fingerprint density at radius 3 is 2.33 bits per heavy atom. The van der Waals surface area contributed by atoms with Crippen LogP contribution in [0.3, 0.4) is 0 Å². The maximum atomic E-state index is 11.3. The van der Waals surface area contributed by atoms with Gasteiger partial charge in [0.15, 0.2) is 0 Å². The second kappa shape index (κ2) is 3.79. The molecular weight excluding hydrogens is 269 g/mol. The molecule has 1 rings (SSSR count). The van der Waals surface area contributed by atoms with Crippen molar-refractivity contribution in [3.8, 4) is 0 Å². The molecule has 1 aromatic rings. The van der Waals surface area contributed by atoms with Crippen LogP contribution in [0, 0.1) is 3.57 Å². The number of hydrogen-bond donors (Lipinski definition) is 0. The van der Waals surface area contributed by atoms with E-state index in [1.54, 1.807) is 26.5 Å². The van der Waals surface area contributed by atoms with Crippen molar-refractivity contribution in [1.29, 1.82) is 0 Å². The van der Waals surface area contributed by atoms with Crippen LogP contribution in [0.4, 0.5) is 0 Å². The topological polar surface area (TPSA) is 46.1 Å². The van der Waals surface area contributed by atoms with Gasteiger partial charge in [0.05, 0.1) is 0 Å². The fourth-order valence-electron chi connectivity index (χ4n) is 0.623. The van der Waals surface area contributed by atoms with E-state index in [0.29, 0.717) is 0 Å². The van der Waals surface area contributed by atoms with Gasteiger partial charge in [0.25, 0.3) is 5.91 Å². The Balaban J connectivity index is 2.90. The monoisotopic (exact) mass is 277 g/mol.